The molecule has 1 aliphatic rings. The monoisotopic (exact) mass is 455 g/mol. The van der Waals surface area contributed by atoms with E-state index in [9.17, 15) is 9.59 Å². The normalized spacial score (nSPS) is 13.5. The minimum Gasteiger partial charge on any atom is -0.496 e. The van der Waals surface area contributed by atoms with Crippen LogP contribution >= 0.6 is 0 Å². The Morgan fingerprint density at radius 1 is 0.824 bits per heavy atom. The summed E-state index contributed by atoms with van der Waals surface area (Å²) in [6.45, 7) is 3.06. The van der Waals surface area contributed by atoms with Gasteiger partial charge in [0.15, 0.2) is 0 Å². The van der Waals surface area contributed by atoms with Crippen molar-refractivity contribution >= 4 is 28.8 Å². The van der Waals surface area contributed by atoms with E-state index in [1.54, 1.807) is 25.3 Å². The van der Waals surface area contributed by atoms with Crippen molar-refractivity contribution in [3.8, 4) is 5.75 Å². The summed E-state index contributed by atoms with van der Waals surface area (Å²) in [5.74, 6) is -0.133. The lowest BCUT2D eigenvalue weighted by atomic mass is 10.0. The van der Waals surface area contributed by atoms with Gasteiger partial charge < -0.3 is 14.5 Å². The van der Waals surface area contributed by atoms with Crippen LogP contribution in [-0.2, 0) is 16.1 Å². The number of methoxy groups -OCH3 is 1. The second kappa shape index (κ2) is 9.83. The van der Waals surface area contributed by atoms with Gasteiger partial charge >= 0.3 is 0 Å². The molecule has 0 spiro atoms. The molecule has 2 amide bonds. The van der Waals surface area contributed by atoms with Crippen molar-refractivity contribution in [2.24, 2.45) is 0 Å². The number of rotatable bonds is 8. The minimum atomic E-state index is -0.353. The van der Waals surface area contributed by atoms with Crippen LogP contribution in [0.15, 0.2) is 84.6 Å². The number of hydrogen-bond donors (Lipinski definition) is 0. The summed E-state index contributed by atoms with van der Waals surface area (Å²) in [6, 6.07) is 24.7. The highest BCUT2D eigenvalue weighted by molar-refractivity contribution is 6.45. The van der Waals surface area contributed by atoms with E-state index >= 15 is 0 Å². The molecule has 4 rings (SSSR count). The van der Waals surface area contributed by atoms with E-state index in [0.29, 0.717) is 41.4 Å². The van der Waals surface area contributed by atoms with E-state index < -0.39 is 0 Å². The molecule has 0 unspecified atom stereocenters. The van der Waals surface area contributed by atoms with E-state index in [4.69, 9.17) is 4.74 Å². The highest BCUT2D eigenvalue weighted by Crippen LogP contribution is 2.38. The summed E-state index contributed by atoms with van der Waals surface area (Å²) < 4.78 is 5.56. The Kier molecular flexibility index (Phi) is 6.68. The fourth-order valence-electron chi connectivity index (χ4n) is 4.19. The van der Waals surface area contributed by atoms with Crippen molar-refractivity contribution < 1.29 is 14.3 Å². The predicted molar refractivity (Wildman–Crippen MR) is 136 cm³/mol. The summed E-state index contributed by atoms with van der Waals surface area (Å²) in [5.41, 5.74) is 3.94. The van der Waals surface area contributed by atoms with Gasteiger partial charge in [-0.05, 0) is 42.8 Å². The van der Waals surface area contributed by atoms with Gasteiger partial charge in [-0.2, -0.15) is 0 Å². The highest BCUT2D eigenvalue weighted by Gasteiger charge is 2.43. The zero-order chi connectivity index (χ0) is 24.2. The van der Waals surface area contributed by atoms with Gasteiger partial charge in [-0.25, -0.2) is 4.90 Å². The van der Waals surface area contributed by atoms with Gasteiger partial charge in [-0.1, -0.05) is 48.5 Å². The molecule has 34 heavy (non-hydrogen) atoms. The maximum Gasteiger partial charge on any atom is 0.282 e. The third kappa shape index (κ3) is 4.27. The van der Waals surface area contributed by atoms with E-state index in [1.807, 2.05) is 91.5 Å². The second-order valence-electron chi connectivity index (χ2n) is 8.28. The predicted octanol–water partition coefficient (Wildman–Crippen LogP) is 4.57. The molecule has 0 saturated carbocycles. The lowest BCUT2D eigenvalue weighted by molar-refractivity contribution is -0.120. The molecule has 0 bridgehead atoms. The Balaban J connectivity index is 1.84. The number of nitrogens with zero attached hydrogens (tertiary/aromatic N) is 3. The molecule has 0 aliphatic carbocycles. The van der Waals surface area contributed by atoms with E-state index in [0.717, 1.165) is 11.3 Å². The number of ether oxygens (including phenoxy) is 1. The molecule has 0 N–H and O–H groups in total. The van der Waals surface area contributed by atoms with Crippen LogP contribution in [0.4, 0.5) is 11.4 Å². The Hall–Kier alpha value is -4.06. The molecule has 0 atom stereocenters. The summed E-state index contributed by atoms with van der Waals surface area (Å²) >= 11 is 0. The van der Waals surface area contributed by atoms with E-state index in [1.165, 1.54) is 4.90 Å². The van der Waals surface area contributed by atoms with Gasteiger partial charge in [0, 0.05) is 38.4 Å². The zero-order valence-electron chi connectivity index (χ0n) is 20.0. The molecule has 6 nitrogen and oxygen atoms in total. The maximum atomic E-state index is 13.9. The van der Waals surface area contributed by atoms with E-state index in [-0.39, 0.29) is 11.8 Å². The number of carbonyl (C=O) groups is 2. The van der Waals surface area contributed by atoms with Crippen LogP contribution in [0.1, 0.15) is 18.1 Å². The fraction of sp³-hybridized carbons (Fsp3) is 0.214. The number of amides is 2. The molecule has 0 saturated heterocycles. The first-order chi connectivity index (χ1) is 16.5. The Bertz CT molecular complexity index is 1220. The van der Waals surface area contributed by atoms with Crippen molar-refractivity contribution in [3.05, 3.63) is 95.7 Å². The Labute approximate surface area is 200 Å². The molecule has 1 aliphatic heterocycles. The van der Waals surface area contributed by atoms with Gasteiger partial charge in [0.05, 0.1) is 18.4 Å². The van der Waals surface area contributed by atoms with E-state index in [2.05, 4.69) is 0 Å². The summed E-state index contributed by atoms with van der Waals surface area (Å²) in [6.07, 6.45) is 0. The van der Waals surface area contributed by atoms with Crippen LogP contribution in [0.2, 0.25) is 0 Å². The van der Waals surface area contributed by atoms with Crippen LogP contribution in [0, 0.1) is 0 Å². The molecule has 174 valence electrons. The van der Waals surface area contributed by atoms with Crippen LogP contribution in [-0.4, -0.2) is 44.5 Å². The lowest BCUT2D eigenvalue weighted by Crippen LogP contribution is -2.35. The number of carbonyl (C=O) groups excluding carboxylic acids is 2. The fourth-order valence-corrected chi connectivity index (χ4v) is 4.19. The number of anilines is 2. The van der Waals surface area contributed by atoms with Crippen LogP contribution in [0.5, 0.6) is 5.75 Å². The van der Waals surface area contributed by atoms with Gasteiger partial charge in [-0.3, -0.25) is 9.59 Å². The number of benzene rings is 3. The Morgan fingerprint density at radius 3 is 2.09 bits per heavy atom. The average molecular weight is 456 g/mol. The first-order valence-corrected chi connectivity index (χ1v) is 11.3. The molecule has 0 fully saturated rings. The van der Waals surface area contributed by atoms with Gasteiger partial charge in [0.25, 0.3) is 11.8 Å². The molecule has 6 heteroatoms. The average Bonchev–Trinajstić information content (AvgIpc) is 3.12. The standard InChI is InChI=1S/C28H29N3O3/c1-5-30(19-20-11-7-6-8-12-20)26-25(23-13-9-10-14-24(23)34-4)27(32)31(28(26)33)22-17-15-21(16-18-22)29(2)3/h6-18H,5,19H2,1-4H3. The first-order valence-electron chi connectivity index (χ1n) is 11.3. The highest BCUT2D eigenvalue weighted by atomic mass is 16.5. The summed E-state index contributed by atoms with van der Waals surface area (Å²) in [4.78, 5) is 32.9. The van der Waals surface area contributed by atoms with Crippen molar-refractivity contribution in [1.82, 2.24) is 4.90 Å². The number of imide groups is 1. The number of likely N-dealkylation sites (N-methyl/N-ethyl adjacent to an activating group) is 1. The topological polar surface area (TPSA) is 53.1 Å². The molecule has 0 aromatic heterocycles. The smallest absolute Gasteiger partial charge is 0.282 e. The Morgan fingerprint density at radius 2 is 1.47 bits per heavy atom. The van der Waals surface area contributed by atoms with Crippen molar-refractivity contribution in [2.45, 2.75) is 13.5 Å². The first kappa shape index (κ1) is 23.1. The maximum absolute atomic E-state index is 13.9. The summed E-state index contributed by atoms with van der Waals surface area (Å²) in [5, 5.41) is 0. The van der Waals surface area contributed by atoms with Gasteiger partial charge in [0.1, 0.15) is 11.4 Å². The largest absolute Gasteiger partial charge is 0.496 e. The second-order valence-corrected chi connectivity index (χ2v) is 8.28. The molecular formula is C28H29N3O3. The zero-order valence-corrected chi connectivity index (χ0v) is 20.0. The van der Waals surface area contributed by atoms with Crippen LogP contribution in [0.3, 0.4) is 0 Å². The third-order valence-electron chi connectivity index (χ3n) is 5.97. The summed E-state index contributed by atoms with van der Waals surface area (Å²) in [7, 11) is 5.46. The number of para-hydroxylation sites is 1. The third-order valence-corrected chi connectivity index (χ3v) is 5.97. The lowest BCUT2D eigenvalue weighted by Gasteiger charge is -2.25. The van der Waals surface area contributed by atoms with Crippen molar-refractivity contribution in [3.63, 3.8) is 0 Å². The molecule has 0 radical (unpaired) electrons. The van der Waals surface area contributed by atoms with Crippen LogP contribution in [0.25, 0.3) is 5.57 Å². The quantitative estimate of drug-likeness (QED) is 0.466. The van der Waals surface area contributed by atoms with Gasteiger partial charge in [-0.15, -0.1) is 0 Å². The SMILES string of the molecule is CCN(Cc1ccccc1)C1=C(c2ccccc2OC)C(=O)N(c2ccc(N(C)C)cc2)C1=O. The van der Waals surface area contributed by atoms with Gasteiger partial charge in [0.2, 0.25) is 0 Å². The van der Waals surface area contributed by atoms with Crippen molar-refractivity contribution in [2.75, 3.05) is 37.5 Å². The molecular weight excluding hydrogens is 426 g/mol. The molecule has 1 heterocycles. The van der Waals surface area contributed by atoms with Crippen molar-refractivity contribution in [1.29, 1.82) is 0 Å². The molecule has 3 aromatic rings. The number of hydrogen-bond acceptors (Lipinski definition) is 5. The minimum absolute atomic E-state index is 0.332. The molecule has 3 aromatic carbocycles. The van der Waals surface area contributed by atoms with Crippen LogP contribution < -0.4 is 14.5 Å².